The number of rotatable bonds is 2. The molecule has 2 fully saturated rings. The summed E-state index contributed by atoms with van der Waals surface area (Å²) in [5.74, 6) is 0. The molecule has 1 N–H and O–H groups in total. The maximum Gasteiger partial charge on any atom is 0.194 e. The molecular formula is C23H32N2O. The van der Waals surface area contributed by atoms with Crippen molar-refractivity contribution in [3.8, 4) is 0 Å². The molecule has 26 heavy (non-hydrogen) atoms. The van der Waals surface area contributed by atoms with E-state index >= 15 is 0 Å². The molecule has 0 amide bonds. The second kappa shape index (κ2) is 5.69. The molecule has 2 heterocycles. The molecule has 1 aliphatic heterocycles. The minimum Gasteiger partial charge on any atom is -0.358 e. The van der Waals surface area contributed by atoms with Crippen LogP contribution in [0.4, 0.5) is 0 Å². The number of nitrogens with one attached hydrogen (secondary N) is 1. The maximum absolute atomic E-state index is 13.4. The van der Waals surface area contributed by atoms with Crippen LogP contribution in [0.3, 0.4) is 0 Å². The first-order chi connectivity index (χ1) is 12.1. The zero-order chi connectivity index (χ0) is 18.9. The molecule has 1 aromatic carbocycles. The number of hydrogen-bond acceptors (Lipinski definition) is 2. The van der Waals surface area contributed by atoms with E-state index in [2.05, 4.69) is 56.6 Å². The zero-order valence-electron chi connectivity index (χ0n) is 17.1. The van der Waals surface area contributed by atoms with Crippen molar-refractivity contribution in [1.82, 2.24) is 9.88 Å². The molecule has 1 aliphatic carbocycles. The second-order valence-electron chi connectivity index (χ2n) is 10.1. The highest BCUT2D eigenvalue weighted by molar-refractivity contribution is 5.85. The Kier molecular flexibility index (Phi) is 3.89. The summed E-state index contributed by atoms with van der Waals surface area (Å²) < 4.78 is 0. The van der Waals surface area contributed by atoms with E-state index in [-0.39, 0.29) is 5.43 Å². The van der Waals surface area contributed by atoms with Gasteiger partial charge in [0.05, 0.1) is 5.52 Å². The lowest BCUT2D eigenvalue weighted by atomic mass is 9.65. The topological polar surface area (TPSA) is 36.1 Å². The van der Waals surface area contributed by atoms with E-state index in [0.717, 1.165) is 46.4 Å². The van der Waals surface area contributed by atoms with Gasteiger partial charge < -0.3 is 4.98 Å². The maximum atomic E-state index is 13.4. The summed E-state index contributed by atoms with van der Waals surface area (Å²) in [6.07, 6.45) is 3.81. The first kappa shape index (κ1) is 17.8. The van der Waals surface area contributed by atoms with Gasteiger partial charge in [-0.1, -0.05) is 32.9 Å². The van der Waals surface area contributed by atoms with Gasteiger partial charge in [-0.05, 0) is 62.0 Å². The van der Waals surface area contributed by atoms with Crippen molar-refractivity contribution in [2.75, 3.05) is 6.54 Å². The molecule has 140 valence electrons. The van der Waals surface area contributed by atoms with Crippen molar-refractivity contribution in [1.29, 1.82) is 0 Å². The monoisotopic (exact) mass is 352 g/mol. The van der Waals surface area contributed by atoms with E-state index in [1.807, 2.05) is 6.92 Å². The average Bonchev–Trinajstić information content (AvgIpc) is 2.75. The van der Waals surface area contributed by atoms with Gasteiger partial charge in [0.1, 0.15) is 0 Å². The van der Waals surface area contributed by atoms with Crippen LogP contribution in [0.2, 0.25) is 0 Å². The highest BCUT2D eigenvalue weighted by Crippen LogP contribution is 2.52. The fourth-order valence-corrected chi connectivity index (χ4v) is 6.00. The third-order valence-electron chi connectivity index (χ3n) is 6.77. The van der Waals surface area contributed by atoms with Crippen molar-refractivity contribution >= 4 is 10.9 Å². The Morgan fingerprint density at radius 1 is 1.12 bits per heavy atom. The van der Waals surface area contributed by atoms with Crippen molar-refractivity contribution in [2.45, 2.75) is 73.4 Å². The van der Waals surface area contributed by atoms with Crippen LogP contribution in [-0.4, -0.2) is 22.5 Å². The lowest BCUT2D eigenvalue weighted by Crippen LogP contribution is -2.35. The predicted octanol–water partition coefficient (Wildman–Crippen LogP) is 4.85. The van der Waals surface area contributed by atoms with E-state index in [1.165, 1.54) is 19.3 Å². The minimum atomic E-state index is 0.225. The summed E-state index contributed by atoms with van der Waals surface area (Å²) >= 11 is 0. The fraction of sp³-hybridized carbons (Fsp3) is 0.609. The highest BCUT2D eigenvalue weighted by Gasteiger charge is 2.49. The van der Waals surface area contributed by atoms with Crippen LogP contribution in [-0.2, 0) is 6.54 Å². The normalized spacial score (nSPS) is 28.0. The van der Waals surface area contributed by atoms with Crippen LogP contribution in [0.5, 0.6) is 0 Å². The Labute approximate surface area is 156 Å². The Bertz CT molecular complexity index is 939. The third-order valence-corrected chi connectivity index (χ3v) is 6.77. The summed E-state index contributed by atoms with van der Waals surface area (Å²) in [5, 5.41) is 0.874. The molecule has 3 heteroatoms. The number of aryl methyl sites for hydroxylation is 3. The SMILES string of the molecule is Cc1[nH]c2c(C)ccc(C)c2c(=O)c1CN1C[C@]2(C)C[C@@H]1CC(C)(C)C2. The Hall–Kier alpha value is -1.61. The molecule has 4 rings (SSSR count). The summed E-state index contributed by atoms with van der Waals surface area (Å²) in [5.41, 5.74) is 6.24. The molecule has 0 unspecified atom stereocenters. The fourth-order valence-electron chi connectivity index (χ4n) is 6.00. The number of aromatic amines is 1. The van der Waals surface area contributed by atoms with E-state index in [4.69, 9.17) is 0 Å². The van der Waals surface area contributed by atoms with Crippen LogP contribution in [0.1, 0.15) is 62.4 Å². The van der Waals surface area contributed by atoms with Gasteiger partial charge in [0.2, 0.25) is 0 Å². The van der Waals surface area contributed by atoms with Crippen LogP contribution in [0.15, 0.2) is 16.9 Å². The third kappa shape index (κ3) is 2.81. The highest BCUT2D eigenvalue weighted by atomic mass is 16.1. The smallest absolute Gasteiger partial charge is 0.194 e. The number of benzene rings is 1. The first-order valence-corrected chi connectivity index (χ1v) is 9.94. The molecule has 3 nitrogen and oxygen atoms in total. The summed E-state index contributed by atoms with van der Waals surface area (Å²) in [6.45, 7) is 15.3. The number of fused-ring (bicyclic) bond motifs is 3. The van der Waals surface area contributed by atoms with Gasteiger partial charge in [0.15, 0.2) is 5.43 Å². The Balaban J connectivity index is 1.75. The Morgan fingerprint density at radius 2 is 1.81 bits per heavy atom. The van der Waals surface area contributed by atoms with Crippen molar-refractivity contribution < 1.29 is 0 Å². The quantitative estimate of drug-likeness (QED) is 0.838. The average molecular weight is 353 g/mol. The summed E-state index contributed by atoms with van der Waals surface area (Å²) in [7, 11) is 0. The van der Waals surface area contributed by atoms with E-state index in [0.29, 0.717) is 16.9 Å². The lowest BCUT2D eigenvalue weighted by molar-refractivity contribution is 0.126. The molecule has 2 bridgehead atoms. The van der Waals surface area contributed by atoms with Gasteiger partial charge in [-0.25, -0.2) is 0 Å². The summed E-state index contributed by atoms with van der Waals surface area (Å²) in [6, 6.07) is 4.77. The van der Waals surface area contributed by atoms with Crippen molar-refractivity contribution in [3.63, 3.8) is 0 Å². The van der Waals surface area contributed by atoms with E-state index in [9.17, 15) is 4.79 Å². The van der Waals surface area contributed by atoms with Gasteiger partial charge in [0, 0.05) is 35.8 Å². The van der Waals surface area contributed by atoms with Gasteiger partial charge in [0.25, 0.3) is 0 Å². The molecule has 2 aliphatic rings. The minimum absolute atomic E-state index is 0.225. The largest absolute Gasteiger partial charge is 0.358 e. The summed E-state index contributed by atoms with van der Waals surface area (Å²) in [4.78, 5) is 19.5. The molecule has 1 aromatic heterocycles. The number of aromatic nitrogens is 1. The van der Waals surface area contributed by atoms with Crippen LogP contribution in [0.25, 0.3) is 10.9 Å². The molecule has 1 saturated carbocycles. The van der Waals surface area contributed by atoms with Crippen LogP contribution >= 0.6 is 0 Å². The first-order valence-electron chi connectivity index (χ1n) is 9.94. The van der Waals surface area contributed by atoms with Crippen molar-refractivity contribution in [3.05, 3.63) is 44.7 Å². The number of likely N-dealkylation sites (tertiary alicyclic amines) is 1. The molecule has 2 atom stereocenters. The van der Waals surface area contributed by atoms with E-state index in [1.54, 1.807) is 0 Å². The van der Waals surface area contributed by atoms with Crippen LogP contribution in [0, 0.1) is 31.6 Å². The molecule has 0 radical (unpaired) electrons. The molecular weight excluding hydrogens is 320 g/mol. The lowest BCUT2D eigenvalue weighted by Gasteiger charge is -2.40. The number of pyridine rings is 1. The Morgan fingerprint density at radius 3 is 2.54 bits per heavy atom. The molecule has 0 spiro atoms. The molecule has 2 aromatic rings. The van der Waals surface area contributed by atoms with Gasteiger partial charge in [-0.15, -0.1) is 0 Å². The molecule has 1 saturated heterocycles. The second-order valence-corrected chi connectivity index (χ2v) is 10.1. The number of nitrogens with zero attached hydrogens (tertiary/aromatic N) is 1. The number of hydrogen-bond donors (Lipinski definition) is 1. The van der Waals surface area contributed by atoms with Crippen LogP contribution < -0.4 is 5.43 Å². The van der Waals surface area contributed by atoms with Crippen molar-refractivity contribution in [2.24, 2.45) is 10.8 Å². The van der Waals surface area contributed by atoms with Gasteiger partial charge in [-0.3, -0.25) is 9.69 Å². The predicted molar refractivity (Wildman–Crippen MR) is 109 cm³/mol. The van der Waals surface area contributed by atoms with E-state index < -0.39 is 0 Å². The zero-order valence-corrected chi connectivity index (χ0v) is 17.1. The van der Waals surface area contributed by atoms with Gasteiger partial charge >= 0.3 is 0 Å². The van der Waals surface area contributed by atoms with Gasteiger partial charge in [-0.2, -0.15) is 0 Å². The standard InChI is InChI=1S/C23H32N2O/c1-14-7-8-15(2)20-19(14)21(26)18(16(3)24-20)11-25-13-23(6)10-17(25)9-22(4,5)12-23/h7-8,17H,9-13H2,1-6H3,(H,24,26)/t17-,23+/m0/s1. The number of H-pyrrole nitrogens is 1.